The summed E-state index contributed by atoms with van der Waals surface area (Å²) in [5.74, 6) is 0. The third-order valence-corrected chi connectivity index (χ3v) is 2.78. The zero-order valence-corrected chi connectivity index (χ0v) is 8.81. The van der Waals surface area contributed by atoms with E-state index in [2.05, 4.69) is 4.98 Å². The molecule has 6 heteroatoms. The number of H-pyrrole nitrogens is 1. The van der Waals surface area contributed by atoms with Gasteiger partial charge in [-0.3, -0.25) is 14.9 Å². The Morgan fingerprint density at radius 3 is 2.62 bits per heavy atom. The Morgan fingerprint density at radius 2 is 2.00 bits per heavy atom. The molecule has 86 valence electrons. The first-order chi connectivity index (χ1) is 7.68. The van der Waals surface area contributed by atoms with Crippen molar-refractivity contribution in [3.8, 4) is 0 Å². The van der Waals surface area contributed by atoms with Gasteiger partial charge in [0.1, 0.15) is 5.69 Å². The average molecular weight is 223 g/mol. The Balaban J connectivity index is 2.34. The fraction of sp³-hybridized carbons (Fsp3) is 0.500. The van der Waals surface area contributed by atoms with Gasteiger partial charge in [-0.2, -0.15) is 0 Å². The molecule has 0 radical (unpaired) electrons. The number of nitro groups is 1. The van der Waals surface area contributed by atoms with E-state index in [1.54, 1.807) is 0 Å². The first kappa shape index (κ1) is 10.7. The second-order valence-corrected chi connectivity index (χ2v) is 3.88. The number of rotatable bonds is 2. The van der Waals surface area contributed by atoms with Crippen LogP contribution in [0.1, 0.15) is 19.3 Å². The lowest BCUT2D eigenvalue weighted by atomic mass is 10.1. The molecular formula is C10H13N3O3. The van der Waals surface area contributed by atoms with Crippen LogP contribution in [0.25, 0.3) is 0 Å². The van der Waals surface area contributed by atoms with Crippen molar-refractivity contribution in [2.45, 2.75) is 19.3 Å². The van der Waals surface area contributed by atoms with Crippen molar-refractivity contribution >= 4 is 11.4 Å². The van der Waals surface area contributed by atoms with E-state index in [0.29, 0.717) is 5.69 Å². The fourth-order valence-corrected chi connectivity index (χ4v) is 1.94. The van der Waals surface area contributed by atoms with Crippen molar-refractivity contribution in [2.24, 2.45) is 0 Å². The van der Waals surface area contributed by atoms with E-state index in [0.717, 1.165) is 38.5 Å². The maximum absolute atomic E-state index is 11.6. The van der Waals surface area contributed by atoms with Gasteiger partial charge < -0.3 is 9.88 Å². The highest BCUT2D eigenvalue weighted by Gasteiger charge is 2.17. The Bertz CT molecular complexity index is 449. The Morgan fingerprint density at radius 1 is 1.31 bits per heavy atom. The van der Waals surface area contributed by atoms with Crippen LogP contribution >= 0.6 is 0 Å². The largest absolute Gasteiger partial charge is 0.367 e. The summed E-state index contributed by atoms with van der Waals surface area (Å²) in [5, 5.41) is 10.6. The molecule has 1 aliphatic heterocycles. The van der Waals surface area contributed by atoms with Crippen LogP contribution in [-0.4, -0.2) is 23.0 Å². The molecule has 1 fully saturated rings. The van der Waals surface area contributed by atoms with Crippen LogP contribution in [0.2, 0.25) is 0 Å². The van der Waals surface area contributed by atoms with E-state index in [1.165, 1.54) is 6.07 Å². The van der Waals surface area contributed by atoms with Gasteiger partial charge in [0, 0.05) is 19.2 Å². The van der Waals surface area contributed by atoms with Gasteiger partial charge in [0.2, 0.25) is 0 Å². The van der Waals surface area contributed by atoms with Crippen LogP contribution < -0.4 is 10.5 Å². The molecule has 1 aromatic heterocycles. The molecule has 6 nitrogen and oxygen atoms in total. The molecule has 1 saturated heterocycles. The topological polar surface area (TPSA) is 79.2 Å². The predicted molar refractivity (Wildman–Crippen MR) is 59.8 cm³/mol. The highest BCUT2D eigenvalue weighted by molar-refractivity contribution is 5.50. The van der Waals surface area contributed by atoms with Crippen LogP contribution in [-0.2, 0) is 0 Å². The number of hydrogen-bond donors (Lipinski definition) is 1. The third kappa shape index (κ3) is 2.05. The standard InChI is InChI=1S/C10H13N3O3/c14-10-9(12-4-2-1-3-5-12)6-8(7-11-10)13(15)16/h6-7H,1-5H2,(H,11,14). The van der Waals surface area contributed by atoms with Crippen molar-refractivity contribution < 1.29 is 4.92 Å². The second kappa shape index (κ2) is 4.34. The molecule has 0 unspecified atom stereocenters. The number of hydrogen-bond acceptors (Lipinski definition) is 4. The minimum absolute atomic E-state index is 0.0693. The maximum atomic E-state index is 11.6. The van der Waals surface area contributed by atoms with Gasteiger partial charge in [0.05, 0.1) is 11.1 Å². The van der Waals surface area contributed by atoms with Gasteiger partial charge in [-0.1, -0.05) is 0 Å². The molecule has 0 spiro atoms. The summed E-state index contributed by atoms with van der Waals surface area (Å²) in [7, 11) is 0. The summed E-state index contributed by atoms with van der Waals surface area (Å²) < 4.78 is 0. The average Bonchev–Trinajstić information content (AvgIpc) is 2.30. The van der Waals surface area contributed by atoms with Crippen molar-refractivity contribution in [3.63, 3.8) is 0 Å². The molecule has 0 aliphatic carbocycles. The van der Waals surface area contributed by atoms with Gasteiger partial charge in [-0.15, -0.1) is 0 Å². The summed E-state index contributed by atoms with van der Waals surface area (Å²) in [5.41, 5.74) is 0.0848. The fourth-order valence-electron chi connectivity index (χ4n) is 1.94. The predicted octanol–water partition coefficient (Wildman–Crippen LogP) is 1.27. The quantitative estimate of drug-likeness (QED) is 0.605. The number of aromatic nitrogens is 1. The van der Waals surface area contributed by atoms with E-state index in [4.69, 9.17) is 0 Å². The van der Waals surface area contributed by atoms with Crippen LogP contribution in [0.3, 0.4) is 0 Å². The molecule has 0 saturated carbocycles. The summed E-state index contributed by atoms with van der Waals surface area (Å²) in [6.07, 6.45) is 4.35. The van der Waals surface area contributed by atoms with Gasteiger partial charge in [0.25, 0.3) is 11.2 Å². The summed E-state index contributed by atoms with van der Waals surface area (Å²) in [6.45, 7) is 1.59. The Kier molecular flexibility index (Phi) is 2.89. The normalized spacial score (nSPS) is 16.1. The van der Waals surface area contributed by atoms with Gasteiger partial charge in [0.15, 0.2) is 0 Å². The van der Waals surface area contributed by atoms with Crippen molar-refractivity contribution in [1.82, 2.24) is 4.98 Å². The molecule has 0 atom stereocenters. The number of nitrogens with zero attached hydrogens (tertiary/aromatic N) is 2. The minimum Gasteiger partial charge on any atom is -0.367 e. The van der Waals surface area contributed by atoms with E-state index < -0.39 is 4.92 Å². The lowest BCUT2D eigenvalue weighted by molar-refractivity contribution is -0.385. The molecule has 1 aliphatic rings. The third-order valence-electron chi connectivity index (χ3n) is 2.78. The summed E-state index contributed by atoms with van der Waals surface area (Å²) in [4.78, 5) is 26.0. The van der Waals surface area contributed by atoms with E-state index in [1.807, 2.05) is 4.90 Å². The molecule has 1 aromatic rings. The number of pyridine rings is 1. The first-order valence-corrected chi connectivity index (χ1v) is 5.30. The molecule has 1 N–H and O–H groups in total. The molecule has 0 bridgehead atoms. The number of anilines is 1. The monoisotopic (exact) mass is 223 g/mol. The van der Waals surface area contributed by atoms with Crippen LogP contribution in [0.15, 0.2) is 17.1 Å². The number of piperidine rings is 1. The van der Waals surface area contributed by atoms with Crippen LogP contribution in [0, 0.1) is 10.1 Å². The Hall–Kier alpha value is -1.85. The molecule has 2 heterocycles. The summed E-state index contributed by atoms with van der Waals surface area (Å²) >= 11 is 0. The highest BCUT2D eigenvalue weighted by atomic mass is 16.6. The maximum Gasteiger partial charge on any atom is 0.287 e. The molecule has 2 rings (SSSR count). The lowest BCUT2D eigenvalue weighted by Gasteiger charge is -2.27. The van der Waals surface area contributed by atoms with Crippen molar-refractivity contribution in [2.75, 3.05) is 18.0 Å². The van der Waals surface area contributed by atoms with Crippen LogP contribution in [0.5, 0.6) is 0 Å². The van der Waals surface area contributed by atoms with E-state index >= 15 is 0 Å². The minimum atomic E-state index is -0.497. The highest BCUT2D eigenvalue weighted by Crippen LogP contribution is 2.19. The zero-order chi connectivity index (χ0) is 11.5. The molecule has 0 aromatic carbocycles. The van der Waals surface area contributed by atoms with Gasteiger partial charge >= 0.3 is 0 Å². The van der Waals surface area contributed by atoms with E-state index in [-0.39, 0.29) is 11.2 Å². The van der Waals surface area contributed by atoms with Gasteiger partial charge in [-0.05, 0) is 19.3 Å². The smallest absolute Gasteiger partial charge is 0.287 e. The Labute approximate surface area is 92.0 Å². The number of aromatic amines is 1. The van der Waals surface area contributed by atoms with Crippen molar-refractivity contribution in [1.29, 1.82) is 0 Å². The van der Waals surface area contributed by atoms with Crippen molar-refractivity contribution in [3.05, 3.63) is 32.7 Å². The summed E-state index contributed by atoms with van der Waals surface area (Å²) in [6, 6.07) is 1.35. The number of nitrogens with one attached hydrogen (secondary N) is 1. The van der Waals surface area contributed by atoms with E-state index in [9.17, 15) is 14.9 Å². The molecule has 0 amide bonds. The molecular weight excluding hydrogens is 210 g/mol. The second-order valence-electron chi connectivity index (χ2n) is 3.88. The lowest BCUT2D eigenvalue weighted by Crippen LogP contribution is -2.33. The van der Waals surface area contributed by atoms with Crippen LogP contribution in [0.4, 0.5) is 11.4 Å². The first-order valence-electron chi connectivity index (χ1n) is 5.30. The molecule has 16 heavy (non-hydrogen) atoms. The van der Waals surface area contributed by atoms with Gasteiger partial charge in [-0.25, -0.2) is 0 Å². The zero-order valence-electron chi connectivity index (χ0n) is 8.81. The SMILES string of the molecule is O=c1[nH]cc([N+](=O)[O-])cc1N1CCCCC1.